The largest absolute Gasteiger partial charge is 0.377 e. The van der Waals surface area contributed by atoms with Crippen LogP contribution in [0, 0.1) is 0 Å². The Hall–Kier alpha value is -1.92. The molecule has 0 aliphatic carbocycles. The summed E-state index contributed by atoms with van der Waals surface area (Å²) in [5, 5.41) is 2.76. The second kappa shape index (κ2) is 5.46. The fourth-order valence-corrected chi connectivity index (χ4v) is 2.91. The molecule has 112 valence electrons. The molecule has 21 heavy (non-hydrogen) atoms. The molecule has 1 fully saturated rings. The van der Waals surface area contributed by atoms with E-state index in [9.17, 15) is 9.59 Å². The second-order valence-corrected chi connectivity index (χ2v) is 5.36. The molecule has 0 radical (unpaired) electrons. The van der Waals surface area contributed by atoms with Crippen LogP contribution in [0.3, 0.4) is 0 Å². The van der Waals surface area contributed by atoms with E-state index in [-0.39, 0.29) is 24.0 Å². The molecule has 2 heterocycles. The van der Waals surface area contributed by atoms with E-state index in [2.05, 4.69) is 5.32 Å². The number of nitrogens with zero attached hydrogens (tertiary/aromatic N) is 1. The molecule has 2 unspecified atom stereocenters. The lowest BCUT2D eigenvalue weighted by atomic mass is 10.1. The molecular weight excluding hydrogens is 272 g/mol. The van der Waals surface area contributed by atoms with Crippen LogP contribution in [0.1, 0.15) is 15.9 Å². The molecule has 3 rings (SSSR count). The van der Waals surface area contributed by atoms with Gasteiger partial charge in [-0.25, -0.2) is 0 Å². The molecule has 2 atom stereocenters. The van der Waals surface area contributed by atoms with E-state index < -0.39 is 0 Å². The van der Waals surface area contributed by atoms with E-state index in [1.54, 1.807) is 37.3 Å². The number of hydrogen-bond acceptors (Lipinski definition) is 4. The van der Waals surface area contributed by atoms with Gasteiger partial charge in [0, 0.05) is 38.6 Å². The zero-order valence-electron chi connectivity index (χ0n) is 12.1. The Kier molecular flexibility index (Phi) is 3.65. The normalized spacial score (nSPS) is 24.1. The number of rotatable bonds is 3. The number of fused-ring (bicyclic) bond motifs is 1. The van der Waals surface area contributed by atoms with Crippen molar-refractivity contribution in [1.29, 1.82) is 0 Å². The third-order valence-corrected chi connectivity index (χ3v) is 4.09. The molecule has 6 heteroatoms. The number of ether oxygens (including phenoxy) is 2. The first kappa shape index (κ1) is 14.0. The fourth-order valence-electron chi connectivity index (χ4n) is 2.91. The minimum atomic E-state index is -0.100. The minimum Gasteiger partial charge on any atom is -0.377 e. The van der Waals surface area contributed by atoms with Gasteiger partial charge in [0.15, 0.2) is 0 Å². The van der Waals surface area contributed by atoms with Crippen molar-refractivity contribution in [3.63, 3.8) is 0 Å². The van der Waals surface area contributed by atoms with Gasteiger partial charge < -0.3 is 19.7 Å². The molecule has 0 bridgehead atoms. The van der Waals surface area contributed by atoms with Crippen LogP contribution in [0.4, 0.5) is 5.69 Å². The van der Waals surface area contributed by atoms with Crippen molar-refractivity contribution >= 4 is 17.5 Å². The number of carbonyl (C=O) groups excluding carboxylic acids is 2. The Morgan fingerprint density at radius 2 is 1.90 bits per heavy atom. The van der Waals surface area contributed by atoms with Crippen LogP contribution < -0.4 is 5.32 Å². The van der Waals surface area contributed by atoms with Crippen LogP contribution in [0.2, 0.25) is 0 Å². The molecule has 1 aromatic carbocycles. The highest BCUT2D eigenvalue weighted by Crippen LogP contribution is 2.25. The fraction of sp³-hybridized carbons (Fsp3) is 0.467. The first-order valence-corrected chi connectivity index (χ1v) is 6.90. The predicted molar refractivity (Wildman–Crippen MR) is 76.3 cm³/mol. The Labute approximate surface area is 123 Å². The Morgan fingerprint density at radius 3 is 2.52 bits per heavy atom. The lowest BCUT2D eigenvalue weighted by molar-refractivity contribution is -0.115. The summed E-state index contributed by atoms with van der Waals surface area (Å²) in [5.74, 6) is -0.0894. The molecule has 0 saturated carbocycles. The number of anilines is 1. The molecule has 0 aromatic heterocycles. The third kappa shape index (κ3) is 2.52. The molecular formula is C15H18N2O4. The predicted octanol–water partition coefficient (Wildman–Crippen LogP) is 0.667. The summed E-state index contributed by atoms with van der Waals surface area (Å²) in [6.07, 6.45) is 0.130. The van der Waals surface area contributed by atoms with E-state index in [1.165, 1.54) is 0 Å². The lowest BCUT2D eigenvalue weighted by Gasteiger charge is -2.16. The first-order chi connectivity index (χ1) is 10.1. The summed E-state index contributed by atoms with van der Waals surface area (Å²) in [5.41, 5.74) is 2.26. The summed E-state index contributed by atoms with van der Waals surface area (Å²) in [6.45, 7) is 1.03. The van der Waals surface area contributed by atoms with Gasteiger partial charge in [0.05, 0.1) is 6.42 Å². The molecule has 1 saturated heterocycles. The van der Waals surface area contributed by atoms with Gasteiger partial charge >= 0.3 is 0 Å². The molecule has 2 aliphatic heterocycles. The molecule has 2 aliphatic rings. The van der Waals surface area contributed by atoms with Crippen LogP contribution in [0.25, 0.3) is 0 Å². The molecule has 1 aromatic rings. The average Bonchev–Trinajstić information content (AvgIpc) is 3.07. The molecule has 0 spiro atoms. The van der Waals surface area contributed by atoms with Crippen molar-refractivity contribution in [3.8, 4) is 0 Å². The van der Waals surface area contributed by atoms with E-state index in [0.29, 0.717) is 25.1 Å². The average molecular weight is 290 g/mol. The summed E-state index contributed by atoms with van der Waals surface area (Å²) < 4.78 is 10.7. The summed E-state index contributed by atoms with van der Waals surface area (Å²) in [4.78, 5) is 25.7. The Bertz CT molecular complexity index is 575. The number of methoxy groups -OCH3 is 2. The van der Waals surface area contributed by atoms with Gasteiger partial charge in [0.1, 0.15) is 12.2 Å². The number of hydrogen-bond donors (Lipinski definition) is 1. The van der Waals surface area contributed by atoms with Crippen molar-refractivity contribution in [1.82, 2.24) is 4.90 Å². The zero-order valence-corrected chi connectivity index (χ0v) is 12.1. The van der Waals surface area contributed by atoms with Crippen molar-refractivity contribution in [3.05, 3.63) is 29.3 Å². The topological polar surface area (TPSA) is 67.9 Å². The molecule has 6 nitrogen and oxygen atoms in total. The SMILES string of the molecule is COC1CN(C(=O)c2ccc3c(c2)CC(=O)N3)CC1OC. The Balaban J connectivity index is 1.77. The highest BCUT2D eigenvalue weighted by Gasteiger charge is 2.36. The zero-order chi connectivity index (χ0) is 15.0. The van der Waals surface area contributed by atoms with Gasteiger partial charge in [0.2, 0.25) is 5.91 Å². The van der Waals surface area contributed by atoms with Crippen LogP contribution in [-0.4, -0.2) is 56.2 Å². The maximum atomic E-state index is 12.6. The van der Waals surface area contributed by atoms with E-state index in [1.807, 2.05) is 0 Å². The van der Waals surface area contributed by atoms with Gasteiger partial charge in [-0.1, -0.05) is 0 Å². The summed E-state index contributed by atoms with van der Waals surface area (Å²) in [6, 6.07) is 5.32. The maximum Gasteiger partial charge on any atom is 0.254 e. The number of nitrogens with one attached hydrogen (secondary N) is 1. The van der Waals surface area contributed by atoms with Gasteiger partial charge in [-0.05, 0) is 23.8 Å². The number of amides is 2. The van der Waals surface area contributed by atoms with Crippen molar-refractivity contribution in [2.45, 2.75) is 18.6 Å². The highest BCUT2D eigenvalue weighted by atomic mass is 16.5. The van der Waals surface area contributed by atoms with Crippen molar-refractivity contribution in [2.75, 3.05) is 32.6 Å². The van der Waals surface area contributed by atoms with Gasteiger partial charge in [0.25, 0.3) is 5.91 Å². The number of carbonyl (C=O) groups is 2. The van der Waals surface area contributed by atoms with E-state index >= 15 is 0 Å². The lowest BCUT2D eigenvalue weighted by Crippen LogP contribution is -2.30. The standard InChI is InChI=1S/C15H18N2O4/c1-20-12-7-17(8-13(12)21-2)15(19)9-3-4-11-10(5-9)6-14(18)16-11/h3-5,12-13H,6-8H2,1-2H3,(H,16,18). The van der Waals surface area contributed by atoms with E-state index in [4.69, 9.17) is 9.47 Å². The second-order valence-electron chi connectivity index (χ2n) is 5.36. The van der Waals surface area contributed by atoms with Crippen molar-refractivity contribution in [2.24, 2.45) is 0 Å². The molecule has 1 N–H and O–H groups in total. The van der Waals surface area contributed by atoms with Crippen molar-refractivity contribution < 1.29 is 19.1 Å². The third-order valence-electron chi connectivity index (χ3n) is 4.09. The highest BCUT2D eigenvalue weighted by molar-refractivity contribution is 6.01. The summed E-state index contributed by atoms with van der Waals surface area (Å²) in [7, 11) is 3.24. The van der Waals surface area contributed by atoms with Gasteiger partial charge in [-0.2, -0.15) is 0 Å². The molecule has 2 amide bonds. The van der Waals surface area contributed by atoms with Crippen LogP contribution in [0.15, 0.2) is 18.2 Å². The van der Waals surface area contributed by atoms with E-state index in [0.717, 1.165) is 11.3 Å². The van der Waals surface area contributed by atoms with Crippen LogP contribution in [-0.2, 0) is 20.7 Å². The summed E-state index contributed by atoms with van der Waals surface area (Å²) >= 11 is 0. The first-order valence-electron chi connectivity index (χ1n) is 6.90. The Morgan fingerprint density at radius 1 is 1.24 bits per heavy atom. The smallest absolute Gasteiger partial charge is 0.254 e. The number of benzene rings is 1. The van der Waals surface area contributed by atoms with Crippen LogP contribution in [0.5, 0.6) is 0 Å². The van der Waals surface area contributed by atoms with Gasteiger partial charge in [-0.15, -0.1) is 0 Å². The number of likely N-dealkylation sites (tertiary alicyclic amines) is 1. The maximum absolute atomic E-state index is 12.6. The quantitative estimate of drug-likeness (QED) is 0.888. The minimum absolute atomic E-state index is 0.0327. The van der Waals surface area contributed by atoms with Crippen LogP contribution >= 0.6 is 0 Å². The van der Waals surface area contributed by atoms with Gasteiger partial charge in [-0.3, -0.25) is 9.59 Å². The monoisotopic (exact) mass is 290 g/mol.